The highest BCUT2D eigenvalue weighted by molar-refractivity contribution is 5.89. The number of benzene rings is 2. The predicted molar refractivity (Wildman–Crippen MR) is 103 cm³/mol. The van der Waals surface area contributed by atoms with Gasteiger partial charge in [-0.05, 0) is 50.2 Å². The molecule has 25 heavy (non-hydrogen) atoms. The van der Waals surface area contributed by atoms with Crippen molar-refractivity contribution in [1.29, 1.82) is 0 Å². The molecule has 1 aliphatic rings. The quantitative estimate of drug-likeness (QED) is 0.657. The summed E-state index contributed by atoms with van der Waals surface area (Å²) in [6.45, 7) is 4.27. The van der Waals surface area contributed by atoms with Gasteiger partial charge >= 0.3 is 0 Å². The summed E-state index contributed by atoms with van der Waals surface area (Å²) in [5.41, 5.74) is 5.92. The molecule has 2 aromatic carbocycles. The van der Waals surface area contributed by atoms with E-state index in [1.807, 2.05) is 24.4 Å². The molecular formula is C22H23FN2. The van der Waals surface area contributed by atoms with Crippen molar-refractivity contribution in [2.45, 2.75) is 19.8 Å². The van der Waals surface area contributed by atoms with Crippen LogP contribution in [0.5, 0.6) is 0 Å². The van der Waals surface area contributed by atoms with Gasteiger partial charge < -0.3 is 9.47 Å². The summed E-state index contributed by atoms with van der Waals surface area (Å²) in [6, 6.07) is 13.5. The van der Waals surface area contributed by atoms with Gasteiger partial charge in [0.05, 0.1) is 5.52 Å². The van der Waals surface area contributed by atoms with Crippen LogP contribution in [0.25, 0.3) is 23.2 Å². The average Bonchev–Trinajstić information content (AvgIpc) is 2.74. The third-order valence-corrected chi connectivity index (χ3v) is 5.16. The highest BCUT2D eigenvalue weighted by atomic mass is 19.1. The Morgan fingerprint density at radius 3 is 2.68 bits per heavy atom. The van der Waals surface area contributed by atoms with Gasteiger partial charge in [-0.3, -0.25) is 0 Å². The Hall–Kier alpha value is -2.39. The first-order chi connectivity index (χ1) is 12.1. The number of aromatic nitrogens is 1. The third kappa shape index (κ3) is 3.00. The van der Waals surface area contributed by atoms with Gasteiger partial charge in [0.1, 0.15) is 5.82 Å². The minimum atomic E-state index is -0.183. The fraction of sp³-hybridized carbons (Fsp3) is 0.273. The Labute approximate surface area is 148 Å². The van der Waals surface area contributed by atoms with E-state index in [2.05, 4.69) is 41.6 Å². The highest BCUT2D eigenvalue weighted by Crippen LogP contribution is 2.30. The fourth-order valence-electron chi connectivity index (χ4n) is 3.74. The third-order valence-electron chi connectivity index (χ3n) is 5.16. The van der Waals surface area contributed by atoms with E-state index in [-0.39, 0.29) is 5.82 Å². The fourth-order valence-corrected chi connectivity index (χ4v) is 3.74. The lowest BCUT2D eigenvalue weighted by Gasteiger charge is -2.12. The van der Waals surface area contributed by atoms with E-state index in [1.54, 1.807) is 6.07 Å². The van der Waals surface area contributed by atoms with Crippen molar-refractivity contribution < 1.29 is 4.39 Å². The van der Waals surface area contributed by atoms with E-state index in [1.165, 1.54) is 33.8 Å². The van der Waals surface area contributed by atoms with Crippen LogP contribution in [0.15, 0.2) is 42.5 Å². The first-order valence-electron chi connectivity index (χ1n) is 8.87. The second kappa shape index (κ2) is 6.49. The molecule has 1 aromatic heterocycles. The number of fused-ring (bicyclic) bond motifs is 3. The van der Waals surface area contributed by atoms with Crippen LogP contribution in [0.4, 0.5) is 4.39 Å². The number of nitrogens with zero attached hydrogens (tertiary/aromatic N) is 2. The molecule has 0 unspecified atom stereocenters. The van der Waals surface area contributed by atoms with Crippen LogP contribution in [0.3, 0.4) is 0 Å². The lowest BCUT2D eigenvalue weighted by Crippen LogP contribution is -2.21. The van der Waals surface area contributed by atoms with Crippen LogP contribution < -0.4 is 0 Å². The molecule has 0 aliphatic carbocycles. The van der Waals surface area contributed by atoms with Crippen molar-refractivity contribution in [1.82, 2.24) is 9.47 Å². The summed E-state index contributed by atoms with van der Waals surface area (Å²) >= 11 is 0. The Balaban J connectivity index is 1.87. The number of aryl methyl sites for hydroxylation is 1. The van der Waals surface area contributed by atoms with Crippen molar-refractivity contribution in [2.75, 3.05) is 20.1 Å². The number of halogens is 1. The number of likely N-dealkylation sites (N-methyl/N-ethyl adjacent to an activating group) is 1. The van der Waals surface area contributed by atoms with E-state index in [9.17, 15) is 4.39 Å². The van der Waals surface area contributed by atoms with Gasteiger partial charge in [0.15, 0.2) is 0 Å². The zero-order valence-corrected chi connectivity index (χ0v) is 14.8. The van der Waals surface area contributed by atoms with Crippen molar-refractivity contribution >= 4 is 23.2 Å². The lowest BCUT2D eigenvalue weighted by molar-refractivity contribution is 0.351. The van der Waals surface area contributed by atoms with Gasteiger partial charge in [-0.25, -0.2) is 4.39 Å². The summed E-state index contributed by atoms with van der Waals surface area (Å²) < 4.78 is 16.2. The van der Waals surface area contributed by atoms with Crippen LogP contribution >= 0.6 is 0 Å². The maximum atomic E-state index is 14.0. The van der Waals surface area contributed by atoms with E-state index in [4.69, 9.17) is 0 Å². The summed E-state index contributed by atoms with van der Waals surface area (Å²) in [4.78, 5) is 2.38. The van der Waals surface area contributed by atoms with Gasteiger partial charge in [-0.15, -0.1) is 0 Å². The van der Waals surface area contributed by atoms with Gasteiger partial charge in [0.25, 0.3) is 0 Å². The number of hydrogen-bond donors (Lipinski definition) is 0. The molecule has 0 amide bonds. The second-order valence-electron chi connectivity index (χ2n) is 6.96. The molecule has 0 bridgehead atoms. The molecule has 3 heteroatoms. The van der Waals surface area contributed by atoms with E-state index in [0.717, 1.165) is 25.9 Å². The molecule has 3 aromatic rings. The summed E-state index contributed by atoms with van der Waals surface area (Å²) in [5.74, 6) is -0.183. The standard InChI is InChI=1S/C22H23FN2/c1-16-7-8-21-19(15-16)18-10-12-24(2)13-11-22(18)25(21)14-9-17-5-3-4-6-20(17)23/h3-9,14-15H,10-13H2,1-2H3. The van der Waals surface area contributed by atoms with Crippen molar-refractivity contribution in [3.8, 4) is 0 Å². The minimum absolute atomic E-state index is 0.183. The number of rotatable bonds is 2. The van der Waals surface area contributed by atoms with Gasteiger partial charge in [-0.2, -0.15) is 0 Å². The van der Waals surface area contributed by atoms with Gasteiger partial charge in [0.2, 0.25) is 0 Å². The summed E-state index contributed by atoms with van der Waals surface area (Å²) in [7, 11) is 2.18. The largest absolute Gasteiger partial charge is 0.320 e. The maximum absolute atomic E-state index is 14.0. The molecule has 2 heterocycles. The van der Waals surface area contributed by atoms with Crippen LogP contribution in [-0.4, -0.2) is 29.6 Å². The van der Waals surface area contributed by atoms with Crippen LogP contribution in [-0.2, 0) is 12.8 Å². The monoisotopic (exact) mass is 334 g/mol. The Morgan fingerprint density at radius 1 is 1.04 bits per heavy atom. The van der Waals surface area contributed by atoms with Crippen LogP contribution in [0.2, 0.25) is 0 Å². The zero-order chi connectivity index (χ0) is 17.4. The van der Waals surface area contributed by atoms with E-state index in [0.29, 0.717) is 5.56 Å². The Morgan fingerprint density at radius 2 is 1.84 bits per heavy atom. The van der Waals surface area contributed by atoms with Crippen LogP contribution in [0.1, 0.15) is 22.4 Å². The molecule has 0 spiro atoms. The molecule has 0 radical (unpaired) electrons. The molecule has 0 atom stereocenters. The van der Waals surface area contributed by atoms with Crippen molar-refractivity contribution in [3.05, 3.63) is 70.7 Å². The average molecular weight is 334 g/mol. The van der Waals surface area contributed by atoms with E-state index >= 15 is 0 Å². The predicted octanol–water partition coefficient (Wildman–Crippen LogP) is 4.75. The molecular weight excluding hydrogens is 311 g/mol. The molecule has 0 saturated carbocycles. The Bertz CT molecular complexity index is 952. The lowest BCUT2D eigenvalue weighted by atomic mass is 10.1. The molecule has 2 nitrogen and oxygen atoms in total. The minimum Gasteiger partial charge on any atom is -0.320 e. The zero-order valence-electron chi connectivity index (χ0n) is 14.8. The maximum Gasteiger partial charge on any atom is 0.130 e. The first-order valence-corrected chi connectivity index (χ1v) is 8.87. The number of hydrogen-bond acceptors (Lipinski definition) is 1. The molecule has 1 aliphatic heterocycles. The SMILES string of the molecule is Cc1ccc2c(c1)c1c(n2C=Cc2ccccc2F)CCN(C)CC1. The molecule has 128 valence electrons. The van der Waals surface area contributed by atoms with Crippen molar-refractivity contribution in [3.63, 3.8) is 0 Å². The van der Waals surface area contributed by atoms with Gasteiger partial charge in [0, 0.05) is 42.4 Å². The molecule has 0 saturated heterocycles. The van der Waals surface area contributed by atoms with Crippen LogP contribution in [0, 0.1) is 12.7 Å². The Kier molecular flexibility index (Phi) is 4.18. The van der Waals surface area contributed by atoms with Crippen molar-refractivity contribution in [2.24, 2.45) is 0 Å². The van der Waals surface area contributed by atoms with Gasteiger partial charge in [-0.1, -0.05) is 29.8 Å². The smallest absolute Gasteiger partial charge is 0.130 e. The molecule has 4 rings (SSSR count). The van der Waals surface area contributed by atoms with E-state index < -0.39 is 0 Å². The normalized spacial score (nSPS) is 15.6. The first kappa shape index (κ1) is 16.1. The topological polar surface area (TPSA) is 8.17 Å². The summed E-state index contributed by atoms with van der Waals surface area (Å²) in [5, 5.41) is 1.34. The second-order valence-corrected chi connectivity index (χ2v) is 6.96. The molecule has 0 fully saturated rings. The molecule has 0 N–H and O–H groups in total. The highest BCUT2D eigenvalue weighted by Gasteiger charge is 2.19. The summed E-state index contributed by atoms with van der Waals surface area (Å²) in [6.07, 6.45) is 5.98.